The van der Waals surface area contributed by atoms with Gasteiger partial charge in [-0.2, -0.15) is 0 Å². The first-order valence-electron chi connectivity index (χ1n) is 7.65. The van der Waals surface area contributed by atoms with E-state index in [0.29, 0.717) is 10.7 Å². The highest BCUT2D eigenvalue weighted by Gasteiger charge is 2.19. The predicted molar refractivity (Wildman–Crippen MR) is 99.4 cm³/mol. The number of amides is 2. The summed E-state index contributed by atoms with van der Waals surface area (Å²) in [6.45, 7) is 1.04. The third-order valence-electron chi connectivity index (χ3n) is 3.29. The Bertz CT molecular complexity index is 812. The lowest BCUT2D eigenvalue weighted by Crippen LogP contribution is -2.35. The number of rotatable bonds is 6. The lowest BCUT2D eigenvalue weighted by atomic mass is 10.2. The molecule has 2 N–H and O–H groups in total. The van der Waals surface area contributed by atoms with Gasteiger partial charge in [-0.15, -0.1) is 0 Å². The molecule has 2 amide bonds. The summed E-state index contributed by atoms with van der Waals surface area (Å²) in [6.07, 6.45) is -1.02. The van der Waals surface area contributed by atoms with Crippen LogP contribution in [-0.4, -0.2) is 30.4 Å². The third-order valence-corrected chi connectivity index (χ3v) is 3.84. The van der Waals surface area contributed by atoms with Crippen LogP contribution in [0.15, 0.2) is 48.5 Å². The van der Waals surface area contributed by atoms with Crippen LogP contribution >= 0.6 is 23.2 Å². The normalized spacial score (nSPS) is 11.3. The molecule has 1 atom stereocenters. The van der Waals surface area contributed by atoms with Crippen LogP contribution in [0.1, 0.15) is 17.3 Å². The molecule has 0 fully saturated rings. The van der Waals surface area contributed by atoms with Gasteiger partial charge in [0.05, 0.1) is 10.6 Å². The molecule has 2 aromatic rings. The van der Waals surface area contributed by atoms with Gasteiger partial charge in [0, 0.05) is 10.7 Å². The van der Waals surface area contributed by atoms with Crippen molar-refractivity contribution in [2.24, 2.45) is 0 Å². The molecule has 2 rings (SSSR count). The van der Waals surface area contributed by atoms with Crippen LogP contribution in [0, 0.1) is 0 Å². The van der Waals surface area contributed by atoms with Crippen LogP contribution in [0.5, 0.6) is 0 Å². The molecule has 0 spiro atoms. The van der Waals surface area contributed by atoms with E-state index < -0.39 is 30.4 Å². The fraction of sp³-hybridized carbons (Fsp3) is 0.167. The van der Waals surface area contributed by atoms with Crippen LogP contribution in [0.3, 0.4) is 0 Å². The molecule has 0 radical (unpaired) electrons. The topological polar surface area (TPSA) is 84.5 Å². The smallest absolute Gasteiger partial charge is 0.326 e. The van der Waals surface area contributed by atoms with Crippen LogP contribution in [0.2, 0.25) is 10.0 Å². The summed E-state index contributed by atoms with van der Waals surface area (Å²) >= 11 is 11.7. The molecule has 0 aliphatic heterocycles. The minimum atomic E-state index is -1.02. The largest absolute Gasteiger partial charge is 0.451 e. The number of ether oxygens (including phenoxy) is 1. The molecular formula is C18H16Cl2N2O4. The molecule has 0 saturated carbocycles. The van der Waals surface area contributed by atoms with Gasteiger partial charge in [0.2, 0.25) is 0 Å². The van der Waals surface area contributed by atoms with Gasteiger partial charge in [0.15, 0.2) is 6.10 Å². The summed E-state index contributed by atoms with van der Waals surface area (Å²) in [7, 11) is 0. The predicted octanol–water partition coefficient (Wildman–Crippen LogP) is 3.29. The second-order valence-corrected chi connectivity index (χ2v) is 6.14. The molecular weight excluding hydrogens is 379 g/mol. The maximum atomic E-state index is 12.0. The molecule has 0 aromatic heterocycles. The lowest BCUT2D eigenvalue weighted by molar-refractivity contribution is -0.152. The van der Waals surface area contributed by atoms with Crippen molar-refractivity contribution in [3.8, 4) is 0 Å². The van der Waals surface area contributed by atoms with E-state index in [2.05, 4.69) is 10.6 Å². The molecule has 6 nitrogen and oxygen atoms in total. The number of hydrogen-bond acceptors (Lipinski definition) is 4. The molecule has 0 aliphatic carbocycles. The van der Waals surface area contributed by atoms with Gasteiger partial charge in [-0.25, -0.2) is 0 Å². The standard InChI is InChI=1S/C18H16Cl2N2O4/c1-11(17(24)22-13-5-3-2-4-6-13)26-16(23)10-21-18(25)14-8-7-12(19)9-15(14)20/h2-9,11H,10H2,1H3,(H,21,25)(H,22,24). The molecule has 8 heteroatoms. The first kappa shape index (κ1) is 19.8. The van der Waals surface area contributed by atoms with Crippen molar-refractivity contribution in [2.75, 3.05) is 11.9 Å². The molecule has 0 aliphatic rings. The molecule has 0 heterocycles. The molecule has 2 aromatic carbocycles. The van der Waals surface area contributed by atoms with E-state index in [1.165, 1.54) is 25.1 Å². The van der Waals surface area contributed by atoms with Crippen molar-refractivity contribution >= 4 is 46.7 Å². The van der Waals surface area contributed by atoms with Gasteiger partial charge in [-0.3, -0.25) is 14.4 Å². The van der Waals surface area contributed by atoms with E-state index in [9.17, 15) is 14.4 Å². The lowest BCUT2D eigenvalue weighted by Gasteiger charge is -2.14. The van der Waals surface area contributed by atoms with E-state index >= 15 is 0 Å². The van der Waals surface area contributed by atoms with E-state index in [0.717, 1.165) is 0 Å². The summed E-state index contributed by atoms with van der Waals surface area (Å²) in [5.74, 6) is -1.78. The van der Waals surface area contributed by atoms with Crippen molar-refractivity contribution < 1.29 is 19.1 Å². The zero-order chi connectivity index (χ0) is 19.1. The molecule has 0 bridgehead atoms. The summed E-state index contributed by atoms with van der Waals surface area (Å²) in [5.41, 5.74) is 0.768. The van der Waals surface area contributed by atoms with Crippen molar-refractivity contribution in [1.82, 2.24) is 5.32 Å². The van der Waals surface area contributed by atoms with E-state index in [1.54, 1.807) is 24.3 Å². The average molecular weight is 395 g/mol. The number of hydrogen-bond donors (Lipinski definition) is 2. The van der Waals surface area contributed by atoms with E-state index in [1.807, 2.05) is 6.07 Å². The van der Waals surface area contributed by atoms with Gasteiger partial charge in [0.1, 0.15) is 6.54 Å². The highest BCUT2D eigenvalue weighted by Crippen LogP contribution is 2.20. The van der Waals surface area contributed by atoms with Crippen molar-refractivity contribution in [2.45, 2.75) is 13.0 Å². The Labute approximate surface area is 160 Å². The van der Waals surface area contributed by atoms with Gasteiger partial charge in [-0.1, -0.05) is 41.4 Å². The third kappa shape index (κ3) is 5.75. The van der Waals surface area contributed by atoms with Crippen LogP contribution in [0.4, 0.5) is 5.69 Å². The zero-order valence-corrected chi connectivity index (χ0v) is 15.3. The number of carbonyl (C=O) groups is 3. The fourth-order valence-electron chi connectivity index (χ4n) is 1.98. The quantitative estimate of drug-likeness (QED) is 0.736. The molecule has 0 saturated heterocycles. The zero-order valence-electron chi connectivity index (χ0n) is 13.8. The number of esters is 1. The Morgan fingerprint density at radius 1 is 1.08 bits per heavy atom. The van der Waals surface area contributed by atoms with Crippen molar-refractivity contribution in [1.29, 1.82) is 0 Å². The van der Waals surface area contributed by atoms with Crippen LogP contribution < -0.4 is 10.6 Å². The minimum absolute atomic E-state index is 0.166. The number of nitrogens with one attached hydrogen (secondary N) is 2. The summed E-state index contributed by atoms with van der Waals surface area (Å²) in [4.78, 5) is 35.8. The van der Waals surface area contributed by atoms with Gasteiger partial charge in [-0.05, 0) is 37.3 Å². The Hall–Kier alpha value is -2.57. The van der Waals surface area contributed by atoms with Gasteiger partial charge >= 0.3 is 5.97 Å². The van der Waals surface area contributed by atoms with Crippen LogP contribution in [0.25, 0.3) is 0 Å². The Balaban J connectivity index is 1.82. The summed E-state index contributed by atoms with van der Waals surface area (Å²) in [6, 6.07) is 13.2. The maximum absolute atomic E-state index is 12.0. The highest BCUT2D eigenvalue weighted by molar-refractivity contribution is 6.36. The molecule has 1 unspecified atom stereocenters. The second kappa shape index (κ2) is 9.22. The van der Waals surface area contributed by atoms with Crippen molar-refractivity contribution in [3.05, 3.63) is 64.1 Å². The number of para-hydroxylation sites is 1. The minimum Gasteiger partial charge on any atom is -0.451 e. The highest BCUT2D eigenvalue weighted by atomic mass is 35.5. The fourth-order valence-corrected chi connectivity index (χ4v) is 2.47. The van der Waals surface area contributed by atoms with Crippen LogP contribution in [-0.2, 0) is 14.3 Å². The number of halogens is 2. The Morgan fingerprint density at radius 2 is 1.77 bits per heavy atom. The monoisotopic (exact) mass is 394 g/mol. The Morgan fingerprint density at radius 3 is 2.42 bits per heavy atom. The second-order valence-electron chi connectivity index (χ2n) is 5.29. The Kier molecular flexibility index (Phi) is 7.00. The summed E-state index contributed by atoms with van der Waals surface area (Å²) < 4.78 is 5.00. The van der Waals surface area contributed by atoms with Gasteiger partial charge in [0.25, 0.3) is 11.8 Å². The van der Waals surface area contributed by atoms with E-state index in [-0.39, 0.29) is 10.6 Å². The number of carbonyl (C=O) groups excluding carboxylic acids is 3. The molecule has 26 heavy (non-hydrogen) atoms. The molecule has 136 valence electrons. The SMILES string of the molecule is CC(OC(=O)CNC(=O)c1ccc(Cl)cc1Cl)C(=O)Nc1ccccc1. The first-order valence-corrected chi connectivity index (χ1v) is 8.41. The average Bonchev–Trinajstić information content (AvgIpc) is 2.60. The van der Waals surface area contributed by atoms with E-state index in [4.69, 9.17) is 27.9 Å². The number of anilines is 1. The van der Waals surface area contributed by atoms with Crippen molar-refractivity contribution in [3.63, 3.8) is 0 Å². The summed E-state index contributed by atoms with van der Waals surface area (Å²) in [5, 5.41) is 5.56. The maximum Gasteiger partial charge on any atom is 0.326 e. The number of benzene rings is 2. The van der Waals surface area contributed by atoms with Gasteiger partial charge < -0.3 is 15.4 Å². The first-order chi connectivity index (χ1) is 12.4.